The summed E-state index contributed by atoms with van der Waals surface area (Å²) in [6.07, 6.45) is 1.02. The van der Waals surface area contributed by atoms with Gasteiger partial charge in [-0.15, -0.1) is 0 Å². The number of fused-ring (bicyclic) bond motifs is 1. The summed E-state index contributed by atoms with van der Waals surface area (Å²) in [5.41, 5.74) is 0.232. The van der Waals surface area contributed by atoms with E-state index in [0.717, 1.165) is 14.5 Å². The molecular formula is C22H25NO5S2. The van der Waals surface area contributed by atoms with Crippen molar-refractivity contribution in [3.8, 4) is 11.5 Å². The molecule has 0 saturated carbocycles. The normalized spacial score (nSPS) is 12.6. The van der Waals surface area contributed by atoms with Crippen LogP contribution in [0.1, 0.15) is 26.7 Å². The van der Waals surface area contributed by atoms with Crippen molar-refractivity contribution in [3.63, 3.8) is 0 Å². The van der Waals surface area contributed by atoms with Crippen molar-refractivity contribution in [2.75, 3.05) is 16.1 Å². The maximum Gasteiger partial charge on any atom is 0.278 e. The zero-order chi connectivity index (χ0) is 21.6. The van der Waals surface area contributed by atoms with Crippen molar-refractivity contribution in [1.29, 1.82) is 0 Å². The van der Waals surface area contributed by atoms with Crippen molar-refractivity contribution >= 4 is 37.7 Å². The molecule has 0 amide bonds. The van der Waals surface area contributed by atoms with E-state index < -0.39 is 21.3 Å². The molecule has 30 heavy (non-hydrogen) atoms. The van der Waals surface area contributed by atoms with E-state index in [-0.39, 0.29) is 18.0 Å². The Balaban J connectivity index is 1.97. The second-order valence-electron chi connectivity index (χ2n) is 6.66. The highest BCUT2D eigenvalue weighted by molar-refractivity contribution is 8.05. The smallest absolute Gasteiger partial charge is 0.278 e. The van der Waals surface area contributed by atoms with Gasteiger partial charge < -0.3 is 4.74 Å². The van der Waals surface area contributed by atoms with Gasteiger partial charge in [0.1, 0.15) is 11.5 Å². The van der Waals surface area contributed by atoms with E-state index >= 15 is 0 Å². The number of sulfonamides is 1. The van der Waals surface area contributed by atoms with Crippen molar-refractivity contribution in [1.82, 2.24) is 0 Å². The third-order valence-electron chi connectivity index (χ3n) is 4.24. The van der Waals surface area contributed by atoms with Gasteiger partial charge in [-0.1, -0.05) is 56.3 Å². The Labute approximate surface area is 180 Å². The first-order chi connectivity index (χ1) is 14.5. The molecule has 3 aromatic rings. The zero-order valence-corrected chi connectivity index (χ0v) is 18.6. The Kier molecular flexibility index (Phi) is 7.47. The summed E-state index contributed by atoms with van der Waals surface area (Å²) in [5, 5.41) is 1.98. The molecule has 0 aliphatic rings. The predicted octanol–water partition coefficient (Wildman–Crippen LogP) is 5.18. The average Bonchev–Trinajstić information content (AvgIpc) is 2.73. The van der Waals surface area contributed by atoms with Crippen LogP contribution in [0.3, 0.4) is 0 Å². The lowest BCUT2D eigenvalue weighted by Crippen LogP contribution is -2.35. The van der Waals surface area contributed by atoms with E-state index in [1.54, 1.807) is 31.2 Å². The third-order valence-corrected chi connectivity index (χ3v) is 7.78. The highest BCUT2D eigenvalue weighted by Gasteiger charge is 2.29. The van der Waals surface area contributed by atoms with E-state index in [9.17, 15) is 12.6 Å². The van der Waals surface area contributed by atoms with Crippen LogP contribution in [-0.2, 0) is 25.5 Å². The van der Waals surface area contributed by atoms with Crippen molar-refractivity contribution in [3.05, 3.63) is 66.7 Å². The van der Waals surface area contributed by atoms with Gasteiger partial charge in [-0.05, 0) is 36.4 Å². The van der Waals surface area contributed by atoms with Gasteiger partial charge in [-0.25, -0.2) is 12.6 Å². The Morgan fingerprint density at radius 1 is 0.933 bits per heavy atom. The number of ether oxygens (including phenoxy) is 1. The van der Waals surface area contributed by atoms with E-state index in [2.05, 4.69) is 0 Å². The van der Waals surface area contributed by atoms with Crippen LogP contribution >= 0.6 is 0 Å². The monoisotopic (exact) mass is 447 g/mol. The molecule has 0 aliphatic heterocycles. The van der Waals surface area contributed by atoms with Crippen LogP contribution in [0.2, 0.25) is 0 Å². The Hall–Kier alpha value is -2.42. The molecule has 1 unspecified atom stereocenters. The van der Waals surface area contributed by atoms with E-state index in [4.69, 9.17) is 8.92 Å². The topological polar surface area (TPSA) is 72.9 Å². The lowest BCUT2D eigenvalue weighted by Gasteiger charge is -2.22. The summed E-state index contributed by atoms with van der Waals surface area (Å²) in [4.78, 5) is 0. The predicted molar refractivity (Wildman–Crippen MR) is 121 cm³/mol. The lowest BCUT2D eigenvalue weighted by molar-refractivity contribution is 0.348. The molecule has 3 rings (SSSR count). The van der Waals surface area contributed by atoms with Gasteiger partial charge in [-0.2, -0.15) is 3.71 Å². The first-order valence-electron chi connectivity index (χ1n) is 9.80. The van der Waals surface area contributed by atoms with Crippen LogP contribution < -0.4 is 8.45 Å². The zero-order valence-electron chi connectivity index (χ0n) is 17.0. The molecular weight excluding hydrogens is 422 g/mol. The summed E-state index contributed by atoms with van der Waals surface area (Å²) in [6.45, 7) is 3.81. The maximum atomic E-state index is 12.8. The molecule has 0 N–H and O–H groups in total. The molecule has 1 atom stereocenters. The maximum absolute atomic E-state index is 12.8. The van der Waals surface area contributed by atoms with E-state index in [1.165, 1.54) is 0 Å². The van der Waals surface area contributed by atoms with Gasteiger partial charge in [0.15, 0.2) is 0 Å². The van der Waals surface area contributed by atoms with E-state index in [1.807, 2.05) is 49.4 Å². The van der Waals surface area contributed by atoms with Crippen molar-refractivity contribution in [2.24, 2.45) is 0 Å². The molecule has 0 bridgehead atoms. The Morgan fingerprint density at radius 2 is 1.67 bits per heavy atom. The van der Waals surface area contributed by atoms with Crippen LogP contribution in [-0.4, -0.2) is 25.0 Å². The fourth-order valence-electron chi connectivity index (χ4n) is 2.95. The number of hydrogen-bond acceptors (Lipinski definition) is 5. The molecule has 8 heteroatoms. The van der Waals surface area contributed by atoms with Gasteiger partial charge in [0.2, 0.25) is 10.0 Å². The standard InChI is InChI=1S/C22H25NO5S2/c1-3-15-27-29(24)23(30(25,26)16-4-2)19-11-8-12-20(17-19)28-22-14-7-10-18-9-5-6-13-21(18)22/h5-14,17H,3-4,15-16H2,1-2H3. The summed E-state index contributed by atoms with van der Waals surface area (Å²) in [5.74, 6) is 0.951. The molecule has 0 spiro atoms. The third kappa shape index (κ3) is 5.19. The molecule has 160 valence electrons. The van der Waals surface area contributed by atoms with Gasteiger partial charge in [-0.3, -0.25) is 4.18 Å². The molecule has 0 heterocycles. The molecule has 0 aliphatic carbocycles. The van der Waals surface area contributed by atoms with E-state index in [0.29, 0.717) is 24.3 Å². The summed E-state index contributed by atoms with van der Waals surface area (Å²) >= 11 is -2.17. The van der Waals surface area contributed by atoms with Crippen molar-refractivity contribution in [2.45, 2.75) is 26.7 Å². The molecule has 0 saturated heterocycles. The quantitative estimate of drug-likeness (QED) is 0.428. The largest absolute Gasteiger partial charge is 0.457 e. The van der Waals surface area contributed by atoms with Crippen LogP contribution in [0.5, 0.6) is 11.5 Å². The molecule has 0 radical (unpaired) electrons. The SMILES string of the molecule is CCCOS(=O)N(c1cccc(Oc2cccc3ccccc23)c1)S(=O)(=O)CCC. The number of hydrogen-bond donors (Lipinski definition) is 0. The van der Waals surface area contributed by atoms with Crippen molar-refractivity contribution < 1.29 is 21.5 Å². The minimum Gasteiger partial charge on any atom is -0.457 e. The minimum atomic E-state index is -3.83. The average molecular weight is 448 g/mol. The summed E-state index contributed by atoms with van der Waals surface area (Å²) in [6, 6.07) is 20.1. The first kappa shape index (κ1) is 22.3. The highest BCUT2D eigenvalue weighted by Crippen LogP contribution is 2.32. The van der Waals surface area contributed by atoms with Crippen LogP contribution in [0.25, 0.3) is 10.8 Å². The molecule has 0 fully saturated rings. The number of anilines is 1. The first-order valence-corrected chi connectivity index (χ1v) is 12.4. The Bertz CT molecular complexity index is 1130. The molecule has 6 nitrogen and oxygen atoms in total. The summed E-state index contributed by atoms with van der Waals surface area (Å²) < 4.78 is 50.4. The molecule has 3 aromatic carbocycles. The van der Waals surface area contributed by atoms with Gasteiger partial charge in [0.25, 0.3) is 11.3 Å². The fraction of sp³-hybridized carbons (Fsp3) is 0.273. The Morgan fingerprint density at radius 3 is 2.43 bits per heavy atom. The van der Waals surface area contributed by atoms with Crippen LogP contribution in [0.15, 0.2) is 66.7 Å². The van der Waals surface area contributed by atoms with Crippen LogP contribution in [0.4, 0.5) is 5.69 Å². The van der Waals surface area contributed by atoms with Gasteiger partial charge >= 0.3 is 0 Å². The number of nitrogens with zero attached hydrogens (tertiary/aromatic N) is 1. The van der Waals surface area contributed by atoms with Gasteiger partial charge in [0, 0.05) is 11.5 Å². The molecule has 0 aromatic heterocycles. The minimum absolute atomic E-state index is 0.136. The fourth-order valence-corrected chi connectivity index (χ4v) is 5.86. The van der Waals surface area contributed by atoms with Crippen LogP contribution in [0, 0.1) is 0 Å². The van der Waals surface area contributed by atoms with Gasteiger partial charge in [0.05, 0.1) is 18.0 Å². The number of benzene rings is 3. The lowest BCUT2D eigenvalue weighted by atomic mass is 10.1. The second-order valence-corrected chi connectivity index (χ2v) is 9.86. The highest BCUT2D eigenvalue weighted by atomic mass is 32.3. The summed E-state index contributed by atoms with van der Waals surface area (Å²) in [7, 11) is -3.83. The number of rotatable bonds is 10. The second kappa shape index (κ2) is 10.1.